The van der Waals surface area contributed by atoms with E-state index in [-0.39, 0.29) is 23.6 Å². The zero-order valence-electron chi connectivity index (χ0n) is 22.0. The number of ether oxygens (including phenoxy) is 3. The Labute approximate surface area is 232 Å². The second-order valence-corrected chi connectivity index (χ2v) is 11.6. The first kappa shape index (κ1) is 28.5. The summed E-state index contributed by atoms with van der Waals surface area (Å²) in [7, 11) is 0.294. The minimum atomic E-state index is -4.12. The van der Waals surface area contributed by atoms with Crippen molar-refractivity contribution in [3.8, 4) is 23.3 Å². The van der Waals surface area contributed by atoms with Crippen LogP contribution in [0, 0.1) is 17.2 Å². The molecule has 1 aliphatic rings. The Balaban J connectivity index is 1.77. The van der Waals surface area contributed by atoms with Gasteiger partial charge in [-0.2, -0.15) is 5.26 Å². The first-order valence-corrected chi connectivity index (χ1v) is 14.2. The van der Waals surface area contributed by atoms with Gasteiger partial charge >= 0.3 is 0 Å². The van der Waals surface area contributed by atoms with Crippen LogP contribution in [0.15, 0.2) is 30.6 Å². The summed E-state index contributed by atoms with van der Waals surface area (Å²) in [6.07, 6.45) is 4.60. The van der Waals surface area contributed by atoms with Crippen LogP contribution in [0.25, 0.3) is 5.69 Å². The number of aromatic nitrogens is 5. The molecular weight excluding hydrogens is 546 g/mol. The molecule has 2 aromatic heterocycles. The summed E-state index contributed by atoms with van der Waals surface area (Å²) in [6.45, 7) is 1.49. The van der Waals surface area contributed by atoms with Crippen molar-refractivity contribution in [1.82, 2.24) is 24.7 Å². The minimum Gasteiger partial charge on any atom is -0.494 e. The van der Waals surface area contributed by atoms with Crippen molar-refractivity contribution in [3.05, 3.63) is 47.3 Å². The predicted molar refractivity (Wildman–Crippen MR) is 144 cm³/mol. The van der Waals surface area contributed by atoms with Crippen LogP contribution < -0.4 is 14.2 Å². The summed E-state index contributed by atoms with van der Waals surface area (Å²) < 4.78 is 48.2. The third-order valence-corrected chi connectivity index (χ3v) is 8.77. The molecule has 0 radical (unpaired) electrons. The second kappa shape index (κ2) is 12.1. The van der Waals surface area contributed by atoms with Gasteiger partial charge in [-0.15, -0.1) is 10.2 Å². The molecule has 0 amide bonds. The van der Waals surface area contributed by atoms with Crippen LogP contribution in [0.5, 0.6) is 11.5 Å². The SMILES string of the molecule is COc1cccc(OC)c1-n1c(NS(=O)(=O)[C@@H](C)[C@H](OC)c2ncc(Cl)cn2)nnc1C1CCC(C#N)CC1. The third-order valence-electron chi connectivity index (χ3n) is 6.89. The predicted octanol–water partition coefficient (Wildman–Crippen LogP) is 4.04. The number of para-hydroxylation sites is 1. The molecule has 0 aliphatic heterocycles. The Morgan fingerprint density at radius 2 is 1.69 bits per heavy atom. The molecule has 3 aromatic rings. The standard InChI is InChI=1S/C25H30ClN7O5S/c1-15(22(38-4)23-28-13-18(26)14-29-23)39(34,35)32-25-31-30-24(17-10-8-16(12-27)9-11-17)33(25)21-19(36-2)6-5-7-20(21)37-3/h5-7,13-17,22H,8-11H2,1-4H3,(H,31,32)/t15-,16?,17?,22-/m0/s1. The van der Waals surface area contributed by atoms with Crippen molar-refractivity contribution in [2.24, 2.45) is 5.92 Å². The van der Waals surface area contributed by atoms with Crippen LogP contribution in [0.3, 0.4) is 0 Å². The van der Waals surface area contributed by atoms with Gasteiger partial charge in [-0.1, -0.05) is 17.7 Å². The minimum absolute atomic E-state index is 0.0155. The highest BCUT2D eigenvalue weighted by molar-refractivity contribution is 7.93. The zero-order chi connectivity index (χ0) is 28.2. The summed E-state index contributed by atoms with van der Waals surface area (Å²) in [5.41, 5.74) is 0.458. The summed E-state index contributed by atoms with van der Waals surface area (Å²) in [6, 6.07) is 7.59. The number of rotatable bonds is 10. The molecule has 1 fully saturated rings. The Kier molecular flexibility index (Phi) is 8.89. The number of methoxy groups -OCH3 is 3. The number of nitrogens with one attached hydrogen (secondary N) is 1. The first-order valence-electron chi connectivity index (χ1n) is 12.3. The molecule has 1 aliphatic carbocycles. The highest BCUT2D eigenvalue weighted by atomic mass is 35.5. The van der Waals surface area contributed by atoms with Crippen molar-refractivity contribution in [2.75, 3.05) is 26.1 Å². The largest absolute Gasteiger partial charge is 0.494 e. The number of nitrogens with zero attached hydrogens (tertiary/aromatic N) is 6. The Morgan fingerprint density at radius 3 is 2.23 bits per heavy atom. The van der Waals surface area contributed by atoms with Gasteiger partial charge in [0.25, 0.3) is 0 Å². The lowest BCUT2D eigenvalue weighted by Crippen LogP contribution is -2.33. The van der Waals surface area contributed by atoms with Crippen LogP contribution in [-0.4, -0.2) is 59.7 Å². The molecule has 2 heterocycles. The van der Waals surface area contributed by atoms with E-state index in [0.29, 0.717) is 53.7 Å². The fourth-order valence-electron chi connectivity index (χ4n) is 4.74. The molecule has 39 heavy (non-hydrogen) atoms. The van der Waals surface area contributed by atoms with Crippen molar-refractivity contribution in [1.29, 1.82) is 5.26 Å². The molecule has 2 atom stereocenters. The molecule has 0 bridgehead atoms. The van der Waals surface area contributed by atoms with Crippen LogP contribution in [0.2, 0.25) is 5.02 Å². The maximum absolute atomic E-state index is 13.6. The van der Waals surface area contributed by atoms with Gasteiger partial charge in [0, 0.05) is 31.3 Å². The van der Waals surface area contributed by atoms with E-state index in [1.165, 1.54) is 40.6 Å². The van der Waals surface area contributed by atoms with Crippen LogP contribution >= 0.6 is 11.6 Å². The maximum Gasteiger partial charge on any atom is 0.243 e. The lowest BCUT2D eigenvalue weighted by Gasteiger charge is -2.26. The van der Waals surface area contributed by atoms with E-state index >= 15 is 0 Å². The summed E-state index contributed by atoms with van der Waals surface area (Å²) >= 11 is 5.89. The monoisotopic (exact) mass is 575 g/mol. The fourth-order valence-corrected chi connectivity index (χ4v) is 5.97. The Hall–Kier alpha value is -3.47. The number of nitriles is 1. The number of sulfonamides is 1. The zero-order valence-corrected chi connectivity index (χ0v) is 23.6. The van der Waals surface area contributed by atoms with E-state index in [1.807, 2.05) is 0 Å². The topological polar surface area (TPSA) is 154 Å². The maximum atomic E-state index is 13.6. The number of anilines is 1. The van der Waals surface area contributed by atoms with Gasteiger partial charge < -0.3 is 14.2 Å². The lowest BCUT2D eigenvalue weighted by molar-refractivity contribution is 0.0950. The molecule has 0 unspecified atom stereocenters. The molecular formula is C25H30ClN7O5S. The lowest BCUT2D eigenvalue weighted by atomic mass is 9.82. The van der Waals surface area contributed by atoms with Crippen LogP contribution in [0.1, 0.15) is 56.3 Å². The average molecular weight is 576 g/mol. The quantitative estimate of drug-likeness (QED) is 0.374. The fraction of sp³-hybridized carbons (Fsp3) is 0.480. The van der Waals surface area contributed by atoms with Crippen molar-refractivity contribution < 1.29 is 22.6 Å². The average Bonchev–Trinajstić information content (AvgIpc) is 3.35. The molecule has 208 valence electrons. The Morgan fingerprint density at radius 1 is 1.08 bits per heavy atom. The van der Waals surface area contributed by atoms with Crippen LogP contribution in [-0.2, 0) is 14.8 Å². The number of hydrogen-bond acceptors (Lipinski definition) is 10. The molecule has 0 spiro atoms. The number of benzene rings is 1. The third kappa shape index (κ3) is 5.93. The number of halogens is 1. The molecule has 1 N–H and O–H groups in total. The summed E-state index contributed by atoms with van der Waals surface area (Å²) in [5.74, 6) is 1.50. The van der Waals surface area contributed by atoms with E-state index in [4.69, 9.17) is 25.8 Å². The molecule has 1 saturated carbocycles. The van der Waals surface area contributed by atoms with E-state index < -0.39 is 21.4 Å². The molecule has 14 heteroatoms. The van der Waals surface area contributed by atoms with Crippen molar-refractivity contribution in [2.45, 2.75) is 49.9 Å². The van der Waals surface area contributed by atoms with Crippen LogP contribution in [0.4, 0.5) is 5.95 Å². The summed E-state index contributed by atoms with van der Waals surface area (Å²) in [4.78, 5) is 8.26. The van der Waals surface area contributed by atoms with E-state index in [9.17, 15) is 13.7 Å². The van der Waals surface area contributed by atoms with Gasteiger partial charge in [-0.05, 0) is 44.7 Å². The number of hydrogen-bond donors (Lipinski definition) is 1. The van der Waals surface area contributed by atoms with Crippen molar-refractivity contribution >= 4 is 27.6 Å². The second-order valence-electron chi connectivity index (χ2n) is 9.17. The van der Waals surface area contributed by atoms with Gasteiger partial charge in [0.15, 0.2) is 5.82 Å². The van der Waals surface area contributed by atoms with Gasteiger partial charge in [0.1, 0.15) is 34.4 Å². The van der Waals surface area contributed by atoms with Crippen molar-refractivity contribution in [3.63, 3.8) is 0 Å². The van der Waals surface area contributed by atoms with Gasteiger partial charge in [0.05, 0.1) is 25.3 Å². The summed E-state index contributed by atoms with van der Waals surface area (Å²) in [5, 5.41) is 17.2. The molecule has 1 aromatic carbocycles. The van der Waals surface area contributed by atoms with Gasteiger partial charge in [-0.3, -0.25) is 9.29 Å². The molecule has 4 rings (SSSR count). The molecule has 12 nitrogen and oxygen atoms in total. The smallest absolute Gasteiger partial charge is 0.243 e. The highest BCUT2D eigenvalue weighted by Gasteiger charge is 2.36. The van der Waals surface area contributed by atoms with Gasteiger partial charge in [-0.25, -0.2) is 18.4 Å². The highest BCUT2D eigenvalue weighted by Crippen LogP contribution is 2.41. The van der Waals surface area contributed by atoms with E-state index in [0.717, 1.165) is 0 Å². The Bertz CT molecular complexity index is 1410. The van der Waals surface area contributed by atoms with E-state index in [2.05, 4.69) is 31.0 Å². The van der Waals surface area contributed by atoms with Gasteiger partial charge in [0.2, 0.25) is 16.0 Å². The van der Waals surface area contributed by atoms with E-state index in [1.54, 1.807) is 22.8 Å². The first-order chi connectivity index (χ1) is 18.7. The molecule has 0 saturated heterocycles. The normalized spacial score (nSPS) is 19.1.